The molecule has 1 aliphatic heterocycles. The van der Waals surface area contributed by atoms with Gasteiger partial charge >= 0.3 is 0 Å². The van der Waals surface area contributed by atoms with Gasteiger partial charge in [0, 0.05) is 4.88 Å². The normalized spacial score (nSPS) is 17.9. The van der Waals surface area contributed by atoms with E-state index in [-0.39, 0.29) is 5.56 Å². The number of aromatic nitrogens is 2. The highest BCUT2D eigenvalue weighted by molar-refractivity contribution is 7.18. The van der Waals surface area contributed by atoms with Crippen LogP contribution in [0.2, 0.25) is 0 Å². The lowest BCUT2D eigenvalue weighted by Crippen LogP contribution is -2.33. The molecule has 0 amide bonds. The summed E-state index contributed by atoms with van der Waals surface area (Å²) in [6, 6.07) is 0. The van der Waals surface area contributed by atoms with Crippen molar-refractivity contribution in [3.63, 3.8) is 0 Å². The van der Waals surface area contributed by atoms with Crippen LogP contribution in [-0.2, 0) is 6.54 Å². The van der Waals surface area contributed by atoms with Crippen LogP contribution in [0.15, 0.2) is 4.79 Å². The molecule has 0 radical (unpaired) electrons. The standard InChI is InChI=1S/C15H21N3OS/c1-9-4-6-18(7-5-9)8-12-16-14(19)13-10(2)11(3)20-15(13)17-12/h9H,4-8H2,1-3H3,(H,16,17,19). The van der Waals surface area contributed by atoms with Crippen molar-refractivity contribution in [2.75, 3.05) is 13.1 Å². The van der Waals surface area contributed by atoms with Crippen LogP contribution in [0.3, 0.4) is 0 Å². The van der Waals surface area contributed by atoms with Crippen LogP contribution in [0.4, 0.5) is 0 Å². The number of piperidine rings is 1. The Morgan fingerprint density at radius 1 is 1.35 bits per heavy atom. The van der Waals surface area contributed by atoms with Crippen LogP contribution in [0, 0.1) is 19.8 Å². The second-order valence-electron chi connectivity index (χ2n) is 5.93. The second kappa shape index (κ2) is 5.30. The Balaban J connectivity index is 1.88. The van der Waals surface area contributed by atoms with E-state index in [9.17, 15) is 4.79 Å². The van der Waals surface area contributed by atoms with E-state index in [1.54, 1.807) is 11.3 Å². The van der Waals surface area contributed by atoms with E-state index >= 15 is 0 Å². The SMILES string of the molecule is Cc1sc2nc(CN3CCC(C)CC3)[nH]c(=O)c2c1C. The maximum atomic E-state index is 12.2. The Morgan fingerprint density at radius 3 is 2.75 bits per heavy atom. The Morgan fingerprint density at radius 2 is 2.05 bits per heavy atom. The van der Waals surface area contributed by atoms with Crippen molar-refractivity contribution in [2.45, 2.75) is 40.2 Å². The number of hydrogen-bond acceptors (Lipinski definition) is 4. The highest BCUT2D eigenvalue weighted by Gasteiger charge is 2.18. The number of aromatic amines is 1. The molecule has 0 aliphatic carbocycles. The van der Waals surface area contributed by atoms with Crippen molar-refractivity contribution in [3.8, 4) is 0 Å². The average molecular weight is 291 g/mol. The van der Waals surface area contributed by atoms with E-state index in [4.69, 9.17) is 0 Å². The number of nitrogens with zero attached hydrogens (tertiary/aromatic N) is 2. The first-order chi connectivity index (χ1) is 9.54. The maximum absolute atomic E-state index is 12.2. The molecule has 0 saturated carbocycles. The largest absolute Gasteiger partial charge is 0.309 e. The molecule has 0 bridgehead atoms. The van der Waals surface area contributed by atoms with Crippen molar-refractivity contribution < 1.29 is 0 Å². The van der Waals surface area contributed by atoms with E-state index in [0.29, 0.717) is 0 Å². The van der Waals surface area contributed by atoms with Crippen LogP contribution in [0.1, 0.15) is 36.0 Å². The third kappa shape index (κ3) is 2.52. The summed E-state index contributed by atoms with van der Waals surface area (Å²) < 4.78 is 0. The summed E-state index contributed by atoms with van der Waals surface area (Å²) in [7, 11) is 0. The van der Waals surface area contributed by atoms with Gasteiger partial charge in [-0.2, -0.15) is 0 Å². The number of fused-ring (bicyclic) bond motifs is 1. The van der Waals surface area contributed by atoms with Gasteiger partial charge in [0.05, 0.1) is 11.9 Å². The smallest absolute Gasteiger partial charge is 0.259 e. The third-order valence-corrected chi connectivity index (χ3v) is 5.44. The molecular weight excluding hydrogens is 270 g/mol. The molecule has 3 rings (SSSR count). The van der Waals surface area contributed by atoms with Crippen LogP contribution < -0.4 is 5.56 Å². The van der Waals surface area contributed by atoms with Crippen molar-refractivity contribution in [1.82, 2.24) is 14.9 Å². The van der Waals surface area contributed by atoms with Crippen molar-refractivity contribution in [2.24, 2.45) is 5.92 Å². The Kier molecular flexibility index (Phi) is 3.65. The fourth-order valence-corrected chi connectivity index (χ4v) is 3.85. The Labute approximate surface area is 122 Å². The first-order valence-electron chi connectivity index (χ1n) is 7.26. The molecule has 3 heterocycles. The van der Waals surface area contributed by atoms with Crippen LogP contribution in [0.5, 0.6) is 0 Å². The summed E-state index contributed by atoms with van der Waals surface area (Å²) in [4.78, 5) is 24.3. The molecule has 20 heavy (non-hydrogen) atoms. The maximum Gasteiger partial charge on any atom is 0.259 e. The van der Waals surface area contributed by atoms with Gasteiger partial charge in [-0.1, -0.05) is 6.92 Å². The predicted molar refractivity (Wildman–Crippen MR) is 83.4 cm³/mol. The molecule has 5 heteroatoms. The van der Waals surface area contributed by atoms with Gasteiger partial charge in [0.2, 0.25) is 0 Å². The number of rotatable bonds is 2. The zero-order valence-electron chi connectivity index (χ0n) is 12.3. The first-order valence-corrected chi connectivity index (χ1v) is 8.07. The zero-order valence-corrected chi connectivity index (χ0v) is 13.1. The lowest BCUT2D eigenvalue weighted by Gasteiger charge is -2.29. The predicted octanol–water partition coefficient (Wildman–Crippen LogP) is 2.83. The lowest BCUT2D eigenvalue weighted by molar-refractivity contribution is 0.181. The van der Waals surface area contributed by atoms with Gasteiger partial charge < -0.3 is 4.98 Å². The molecule has 0 spiro atoms. The summed E-state index contributed by atoms with van der Waals surface area (Å²) in [6.07, 6.45) is 2.48. The van der Waals surface area contributed by atoms with E-state index in [1.807, 2.05) is 13.8 Å². The van der Waals surface area contributed by atoms with E-state index in [2.05, 4.69) is 21.8 Å². The third-order valence-electron chi connectivity index (χ3n) is 4.34. The van der Waals surface area contributed by atoms with E-state index < -0.39 is 0 Å². The molecule has 0 unspecified atom stereocenters. The van der Waals surface area contributed by atoms with Gasteiger partial charge in [-0.25, -0.2) is 4.98 Å². The minimum atomic E-state index is 0.0113. The van der Waals surface area contributed by atoms with Gasteiger partial charge in [-0.3, -0.25) is 9.69 Å². The van der Waals surface area contributed by atoms with Crippen LogP contribution >= 0.6 is 11.3 Å². The molecule has 1 fully saturated rings. The number of hydrogen-bond donors (Lipinski definition) is 1. The molecule has 0 aromatic carbocycles. The Hall–Kier alpha value is -1.20. The second-order valence-corrected chi connectivity index (χ2v) is 7.14. The monoisotopic (exact) mass is 291 g/mol. The van der Waals surface area contributed by atoms with Gasteiger partial charge in [-0.05, 0) is 51.3 Å². The molecule has 1 aliphatic rings. The molecule has 4 nitrogen and oxygen atoms in total. The molecular formula is C15H21N3OS. The summed E-state index contributed by atoms with van der Waals surface area (Å²) in [5.74, 6) is 1.63. The Bertz CT molecular complexity index is 680. The van der Waals surface area contributed by atoms with Gasteiger partial charge in [-0.15, -0.1) is 11.3 Å². The highest BCUT2D eigenvalue weighted by Crippen LogP contribution is 2.26. The minimum Gasteiger partial charge on any atom is -0.309 e. The molecule has 108 valence electrons. The summed E-state index contributed by atoms with van der Waals surface area (Å²) in [6.45, 7) is 9.31. The topological polar surface area (TPSA) is 49.0 Å². The average Bonchev–Trinajstić information content (AvgIpc) is 2.68. The first kappa shape index (κ1) is 13.8. The van der Waals surface area contributed by atoms with Gasteiger partial charge in [0.25, 0.3) is 5.56 Å². The van der Waals surface area contributed by atoms with Gasteiger partial charge in [0.15, 0.2) is 0 Å². The van der Waals surface area contributed by atoms with Crippen molar-refractivity contribution >= 4 is 21.6 Å². The summed E-state index contributed by atoms with van der Waals surface area (Å²) in [5.41, 5.74) is 1.08. The van der Waals surface area contributed by atoms with E-state index in [0.717, 1.165) is 47.2 Å². The van der Waals surface area contributed by atoms with E-state index in [1.165, 1.54) is 17.7 Å². The minimum absolute atomic E-state index is 0.0113. The van der Waals surface area contributed by atoms with Crippen LogP contribution in [-0.4, -0.2) is 28.0 Å². The summed E-state index contributed by atoms with van der Waals surface area (Å²) >= 11 is 1.62. The number of nitrogens with one attached hydrogen (secondary N) is 1. The quantitative estimate of drug-likeness (QED) is 0.925. The lowest BCUT2D eigenvalue weighted by atomic mass is 9.99. The number of thiophene rings is 1. The highest BCUT2D eigenvalue weighted by atomic mass is 32.1. The summed E-state index contributed by atoms with van der Waals surface area (Å²) in [5, 5.41) is 0.767. The number of H-pyrrole nitrogens is 1. The molecule has 0 atom stereocenters. The number of aryl methyl sites for hydroxylation is 2. The van der Waals surface area contributed by atoms with Crippen molar-refractivity contribution in [3.05, 3.63) is 26.6 Å². The van der Waals surface area contributed by atoms with Gasteiger partial charge in [0.1, 0.15) is 10.7 Å². The van der Waals surface area contributed by atoms with Crippen LogP contribution in [0.25, 0.3) is 10.2 Å². The molecule has 1 saturated heterocycles. The van der Waals surface area contributed by atoms with Crippen molar-refractivity contribution in [1.29, 1.82) is 0 Å². The fourth-order valence-electron chi connectivity index (χ4n) is 2.81. The zero-order chi connectivity index (χ0) is 14.3. The number of likely N-dealkylation sites (tertiary alicyclic amines) is 1. The molecule has 2 aromatic rings. The fraction of sp³-hybridized carbons (Fsp3) is 0.600. The molecule has 2 aromatic heterocycles. The molecule has 1 N–H and O–H groups in total.